The zero-order valence-corrected chi connectivity index (χ0v) is 13.8. The number of hydrogen-bond acceptors (Lipinski definition) is 3. The van der Waals surface area contributed by atoms with Crippen LogP contribution < -0.4 is 5.32 Å². The summed E-state index contributed by atoms with van der Waals surface area (Å²) in [7, 11) is 0. The van der Waals surface area contributed by atoms with E-state index in [4.69, 9.17) is 0 Å². The topological polar surface area (TPSA) is 35.5 Å². The number of aliphatic hydroxyl groups is 1. The van der Waals surface area contributed by atoms with Gasteiger partial charge in [-0.3, -0.25) is 4.90 Å². The number of nitrogens with one attached hydrogen (secondary N) is 1. The second kappa shape index (κ2) is 7.54. The SMILES string of the molecule is Cc1ccc([C@@H](N2CCNCC2)C(C)(C)CO)cc1F.Cl. The summed E-state index contributed by atoms with van der Waals surface area (Å²) in [6, 6.07) is 5.47. The molecule has 120 valence electrons. The molecular weight excluding hydrogens is 291 g/mol. The monoisotopic (exact) mass is 316 g/mol. The summed E-state index contributed by atoms with van der Waals surface area (Å²) in [5.74, 6) is -0.170. The predicted octanol–water partition coefficient (Wildman–Crippen LogP) is 2.52. The van der Waals surface area contributed by atoms with Crippen molar-refractivity contribution < 1.29 is 9.50 Å². The lowest BCUT2D eigenvalue weighted by Crippen LogP contribution is -2.49. The third-order valence-corrected chi connectivity index (χ3v) is 4.18. The zero-order valence-electron chi connectivity index (χ0n) is 13.0. The van der Waals surface area contributed by atoms with Gasteiger partial charge in [-0.2, -0.15) is 0 Å². The molecule has 21 heavy (non-hydrogen) atoms. The average molecular weight is 317 g/mol. The zero-order chi connectivity index (χ0) is 14.8. The molecule has 1 heterocycles. The van der Waals surface area contributed by atoms with Gasteiger partial charge in [-0.25, -0.2) is 4.39 Å². The summed E-state index contributed by atoms with van der Waals surface area (Å²) in [4.78, 5) is 2.34. The van der Waals surface area contributed by atoms with Crippen LogP contribution in [0.4, 0.5) is 4.39 Å². The molecule has 0 aliphatic carbocycles. The van der Waals surface area contributed by atoms with Crippen LogP contribution in [0.2, 0.25) is 0 Å². The quantitative estimate of drug-likeness (QED) is 0.896. The minimum absolute atomic E-state index is 0. The standard InChI is InChI=1S/C16H25FN2O.ClH/c1-12-4-5-13(10-14(12)17)15(16(2,3)11-20)19-8-6-18-7-9-19;/h4-5,10,15,18,20H,6-9,11H2,1-3H3;1H/t15-;/m1./s1. The van der Waals surface area contributed by atoms with Gasteiger partial charge >= 0.3 is 0 Å². The van der Waals surface area contributed by atoms with Crippen LogP contribution in [0.25, 0.3) is 0 Å². The van der Waals surface area contributed by atoms with Crippen LogP contribution in [0.15, 0.2) is 18.2 Å². The van der Waals surface area contributed by atoms with Crippen LogP contribution in [-0.4, -0.2) is 42.8 Å². The van der Waals surface area contributed by atoms with Gasteiger partial charge in [0.2, 0.25) is 0 Å². The molecule has 0 spiro atoms. The molecule has 1 aliphatic heterocycles. The summed E-state index contributed by atoms with van der Waals surface area (Å²) in [5.41, 5.74) is 1.31. The highest BCUT2D eigenvalue weighted by atomic mass is 35.5. The van der Waals surface area contributed by atoms with Crippen molar-refractivity contribution in [2.45, 2.75) is 26.8 Å². The van der Waals surface area contributed by atoms with Crippen molar-refractivity contribution in [1.29, 1.82) is 0 Å². The van der Waals surface area contributed by atoms with Gasteiger partial charge in [0.25, 0.3) is 0 Å². The van der Waals surface area contributed by atoms with Crippen molar-refractivity contribution in [3.8, 4) is 0 Å². The number of benzene rings is 1. The van der Waals surface area contributed by atoms with Gasteiger partial charge in [-0.1, -0.05) is 26.0 Å². The Morgan fingerprint density at radius 1 is 1.33 bits per heavy atom. The first-order valence-corrected chi connectivity index (χ1v) is 7.27. The van der Waals surface area contributed by atoms with E-state index in [0.29, 0.717) is 5.56 Å². The first kappa shape index (κ1) is 18.4. The highest BCUT2D eigenvalue weighted by molar-refractivity contribution is 5.85. The van der Waals surface area contributed by atoms with Gasteiger partial charge in [-0.15, -0.1) is 12.4 Å². The number of hydrogen-bond donors (Lipinski definition) is 2. The van der Waals surface area contributed by atoms with Gasteiger partial charge in [0, 0.05) is 44.2 Å². The van der Waals surface area contributed by atoms with E-state index in [1.54, 1.807) is 13.0 Å². The Balaban J connectivity index is 0.00000220. The van der Waals surface area contributed by atoms with Gasteiger partial charge in [0.15, 0.2) is 0 Å². The molecule has 0 radical (unpaired) electrons. The lowest BCUT2D eigenvalue weighted by atomic mass is 9.79. The first-order valence-electron chi connectivity index (χ1n) is 7.27. The van der Waals surface area contributed by atoms with Crippen LogP contribution >= 0.6 is 12.4 Å². The van der Waals surface area contributed by atoms with Crippen LogP contribution in [-0.2, 0) is 0 Å². The molecule has 2 N–H and O–H groups in total. The Morgan fingerprint density at radius 2 is 1.95 bits per heavy atom. The fourth-order valence-corrected chi connectivity index (χ4v) is 2.96. The Morgan fingerprint density at radius 3 is 2.48 bits per heavy atom. The maximum absolute atomic E-state index is 13.9. The first-order chi connectivity index (χ1) is 9.45. The third-order valence-electron chi connectivity index (χ3n) is 4.18. The largest absolute Gasteiger partial charge is 0.396 e. The van der Waals surface area contributed by atoms with E-state index in [2.05, 4.69) is 10.2 Å². The van der Waals surface area contributed by atoms with E-state index < -0.39 is 0 Å². The Hall–Kier alpha value is -0.680. The fraction of sp³-hybridized carbons (Fsp3) is 0.625. The predicted molar refractivity (Wildman–Crippen MR) is 86.4 cm³/mol. The van der Waals surface area contributed by atoms with Gasteiger partial charge < -0.3 is 10.4 Å². The molecule has 2 rings (SSSR count). The minimum atomic E-state index is -0.307. The molecule has 5 heteroatoms. The van der Waals surface area contributed by atoms with Crippen molar-refractivity contribution in [2.24, 2.45) is 5.41 Å². The van der Waals surface area contributed by atoms with E-state index in [1.807, 2.05) is 26.0 Å². The van der Waals surface area contributed by atoms with Gasteiger partial charge in [0.1, 0.15) is 5.82 Å². The summed E-state index contributed by atoms with van der Waals surface area (Å²) in [5, 5.41) is 13.1. The van der Waals surface area contributed by atoms with Crippen LogP contribution in [0, 0.1) is 18.2 Å². The van der Waals surface area contributed by atoms with Gasteiger partial charge in [-0.05, 0) is 24.1 Å². The number of nitrogens with zero attached hydrogens (tertiary/aromatic N) is 1. The number of piperazine rings is 1. The molecule has 0 bridgehead atoms. The van der Waals surface area contributed by atoms with Crippen LogP contribution in [0.5, 0.6) is 0 Å². The maximum Gasteiger partial charge on any atom is 0.126 e. The maximum atomic E-state index is 13.9. The van der Waals surface area contributed by atoms with Crippen molar-refractivity contribution in [3.05, 3.63) is 35.1 Å². The lowest BCUT2D eigenvalue weighted by molar-refractivity contribution is 0.0304. The lowest BCUT2D eigenvalue weighted by Gasteiger charge is -2.43. The molecule has 1 saturated heterocycles. The van der Waals surface area contributed by atoms with E-state index in [-0.39, 0.29) is 36.3 Å². The number of halogens is 2. The second-order valence-electron chi connectivity index (χ2n) is 6.34. The van der Waals surface area contributed by atoms with E-state index in [0.717, 1.165) is 31.7 Å². The Kier molecular flexibility index (Phi) is 6.60. The van der Waals surface area contributed by atoms with Crippen LogP contribution in [0.1, 0.15) is 31.0 Å². The molecule has 0 unspecified atom stereocenters. The Labute approximate surface area is 132 Å². The Bertz CT molecular complexity index is 462. The summed E-state index contributed by atoms with van der Waals surface area (Å²) >= 11 is 0. The normalized spacial score (nSPS) is 18.1. The molecule has 3 nitrogen and oxygen atoms in total. The van der Waals surface area contributed by atoms with Crippen molar-refractivity contribution in [2.75, 3.05) is 32.8 Å². The summed E-state index contributed by atoms with van der Waals surface area (Å²) in [6.45, 7) is 9.65. The average Bonchev–Trinajstić information content (AvgIpc) is 2.44. The number of aliphatic hydroxyl groups excluding tert-OH is 1. The molecule has 0 aromatic heterocycles. The van der Waals surface area contributed by atoms with Crippen molar-refractivity contribution in [3.63, 3.8) is 0 Å². The molecule has 0 saturated carbocycles. The molecule has 1 atom stereocenters. The van der Waals surface area contributed by atoms with E-state index in [9.17, 15) is 9.50 Å². The molecular formula is C16H26ClFN2O. The van der Waals surface area contributed by atoms with E-state index >= 15 is 0 Å². The van der Waals surface area contributed by atoms with Crippen molar-refractivity contribution in [1.82, 2.24) is 10.2 Å². The highest BCUT2D eigenvalue weighted by Gasteiger charge is 2.35. The molecule has 0 amide bonds. The van der Waals surface area contributed by atoms with Crippen molar-refractivity contribution >= 4 is 12.4 Å². The smallest absolute Gasteiger partial charge is 0.126 e. The molecule has 1 aromatic rings. The van der Waals surface area contributed by atoms with Crippen LogP contribution in [0.3, 0.4) is 0 Å². The van der Waals surface area contributed by atoms with E-state index in [1.165, 1.54) is 0 Å². The highest BCUT2D eigenvalue weighted by Crippen LogP contribution is 2.38. The summed E-state index contributed by atoms with van der Waals surface area (Å²) < 4.78 is 13.9. The third kappa shape index (κ3) is 4.16. The van der Waals surface area contributed by atoms with Gasteiger partial charge in [0.05, 0.1) is 0 Å². The number of aryl methyl sites for hydroxylation is 1. The molecule has 1 fully saturated rings. The minimum Gasteiger partial charge on any atom is -0.396 e. The fourth-order valence-electron chi connectivity index (χ4n) is 2.96. The second-order valence-corrected chi connectivity index (χ2v) is 6.34. The summed E-state index contributed by atoms with van der Waals surface area (Å²) in [6.07, 6.45) is 0. The molecule has 1 aromatic carbocycles. The molecule has 1 aliphatic rings. The number of rotatable bonds is 4.